The maximum absolute atomic E-state index is 9.18. The molecule has 0 atom stereocenters. The Morgan fingerprint density at radius 3 is 2.48 bits per heavy atom. The number of rotatable bonds is 5. The Balaban J connectivity index is 1.77. The summed E-state index contributed by atoms with van der Waals surface area (Å²) in [5.41, 5.74) is 10.2. The molecule has 0 bridgehead atoms. The van der Waals surface area contributed by atoms with Crippen LogP contribution in [0.25, 0.3) is 16.9 Å². The lowest BCUT2D eigenvalue weighted by molar-refractivity contribution is 0.533. The highest BCUT2D eigenvalue weighted by Crippen LogP contribution is 2.30. The zero-order valence-electron chi connectivity index (χ0n) is 17.8. The van der Waals surface area contributed by atoms with Crippen LogP contribution in [-0.2, 0) is 0 Å². The summed E-state index contributed by atoms with van der Waals surface area (Å²) in [6, 6.07) is 16.2. The van der Waals surface area contributed by atoms with Crippen LogP contribution in [-0.4, -0.2) is 21.0 Å². The van der Waals surface area contributed by atoms with E-state index in [1.165, 1.54) is 5.56 Å². The normalized spacial score (nSPS) is 11.1. The number of nitriles is 1. The molecule has 1 N–H and O–H groups in total. The molecule has 0 saturated heterocycles. The first-order valence-electron chi connectivity index (χ1n) is 9.86. The standard InChI is InChI=1S/C24H22N6O/c1-15-10-16(2)22(17(3)11-15)23-19(14-30(29-23)20-8-6-5-7-9-20)13-26-28-24-21(12-25)27-18(4)31-24/h5-11,13-14,28H,1-4H3/b26-13+. The van der Waals surface area contributed by atoms with Gasteiger partial charge in [-0.3, -0.25) is 0 Å². The van der Waals surface area contributed by atoms with Crippen molar-refractivity contribution < 1.29 is 4.42 Å². The lowest BCUT2D eigenvalue weighted by atomic mass is 9.96. The highest BCUT2D eigenvalue weighted by Gasteiger charge is 2.16. The van der Waals surface area contributed by atoms with Gasteiger partial charge in [0.25, 0.3) is 5.88 Å². The molecule has 4 aromatic rings. The van der Waals surface area contributed by atoms with E-state index >= 15 is 0 Å². The topological polar surface area (TPSA) is 92.0 Å². The van der Waals surface area contributed by atoms with Crippen molar-refractivity contribution in [2.24, 2.45) is 5.10 Å². The predicted molar refractivity (Wildman–Crippen MR) is 120 cm³/mol. The summed E-state index contributed by atoms with van der Waals surface area (Å²) in [6.45, 7) is 7.95. The maximum Gasteiger partial charge on any atom is 0.252 e. The molecular weight excluding hydrogens is 388 g/mol. The molecule has 31 heavy (non-hydrogen) atoms. The molecule has 0 saturated carbocycles. The molecule has 0 fully saturated rings. The van der Waals surface area contributed by atoms with Gasteiger partial charge < -0.3 is 4.42 Å². The third-order valence-corrected chi connectivity index (χ3v) is 4.89. The highest BCUT2D eigenvalue weighted by molar-refractivity contribution is 5.90. The molecule has 4 rings (SSSR count). The van der Waals surface area contributed by atoms with E-state index < -0.39 is 0 Å². The van der Waals surface area contributed by atoms with Crippen LogP contribution in [0.5, 0.6) is 0 Å². The fraction of sp³-hybridized carbons (Fsp3) is 0.167. The number of hydrogen-bond donors (Lipinski definition) is 1. The third kappa shape index (κ3) is 4.09. The molecule has 7 heteroatoms. The summed E-state index contributed by atoms with van der Waals surface area (Å²) in [4.78, 5) is 4.01. The lowest BCUT2D eigenvalue weighted by Gasteiger charge is -2.10. The second-order valence-electron chi connectivity index (χ2n) is 7.38. The summed E-state index contributed by atoms with van der Waals surface area (Å²) in [6.07, 6.45) is 3.62. The number of nitrogens with one attached hydrogen (secondary N) is 1. The monoisotopic (exact) mass is 410 g/mol. The van der Waals surface area contributed by atoms with Crippen LogP contribution in [0.15, 0.2) is 58.2 Å². The second kappa shape index (κ2) is 8.28. The molecule has 0 aliphatic heterocycles. The van der Waals surface area contributed by atoms with Crippen molar-refractivity contribution in [2.75, 3.05) is 5.43 Å². The van der Waals surface area contributed by atoms with E-state index in [9.17, 15) is 5.26 Å². The number of aryl methyl sites for hydroxylation is 4. The number of nitrogens with zero attached hydrogens (tertiary/aromatic N) is 5. The van der Waals surface area contributed by atoms with E-state index in [1.807, 2.05) is 47.3 Å². The zero-order valence-corrected chi connectivity index (χ0v) is 17.8. The van der Waals surface area contributed by atoms with Gasteiger partial charge in [0, 0.05) is 24.2 Å². The largest absolute Gasteiger partial charge is 0.422 e. The molecule has 0 radical (unpaired) electrons. The van der Waals surface area contributed by atoms with Gasteiger partial charge in [0.15, 0.2) is 5.89 Å². The van der Waals surface area contributed by atoms with Crippen LogP contribution in [0, 0.1) is 39.0 Å². The molecule has 0 spiro atoms. The first kappa shape index (κ1) is 20.1. The number of hydrogen-bond acceptors (Lipinski definition) is 6. The van der Waals surface area contributed by atoms with E-state index in [0.717, 1.165) is 33.6 Å². The van der Waals surface area contributed by atoms with Crippen molar-refractivity contribution in [1.29, 1.82) is 5.26 Å². The Kier molecular flexibility index (Phi) is 5.37. The lowest BCUT2D eigenvalue weighted by Crippen LogP contribution is -1.97. The second-order valence-corrected chi connectivity index (χ2v) is 7.38. The van der Waals surface area contributed by atoms with E-state index in [0.29, 0.717) is 5.89 Å². The minimum atomic E-state index is 0.167. The Bertz CT molecular complexity index is 1280. The smallest absolute Gasteiger partial charge is 0.252 e. The Labute approximate surface area is 180 Å². The van der Waals surface area contributed by atoms with Gasteiger partial charge in [-0.15, -0.1) is 0 Å². The fourth-order valence-corrected chi connectivity index (χ4v) is 3.68. The quantitative estimate of drug-likeness (QED) is 0.366. The average Bonchev–Trinajstić information content (AvgIpc) is 3.31. The van der Waals surface area contributed by atoms with Crippen LogP contribution in [0.1, 0.15) is 33.8 Å². The van der Waals surface area contributed by atoms with E-state index in [4.69, 9.17) is 9.52 Å². The van der Waals surface area contributed by atoms with Gasteiger partial charge in [-0.25, -0.2) is 15.1 Å². The molecule has 0 aliphatic carbocycles. The minimum absolute atomic E-state index is 0.167. The molecule has 2 heterocycles. The van der Waals surface area contributed by atoms with Crippen molar-refractivity contribution in [1.82, 2.24) is 14.8 Å². The van der Waals surface area contributed by atoms with Crippen LogP contribution in [0.3, 0.4) is 0 Å². The molecule has 2 aromatic heterocycles. The summed E-state index contributed by atoms with van der Waals surface area (Å²) < 4.78 is 7.25. The third-order valence-electron chi connectivity index (χ3n) is 4.89. The van der Waals surface area contributed by atoms with Gasteiger partial charge in [-0.05, 0) is 44.0 Å². The molecule has 154 valence electrons. The summed E-state index contributed by atoms with van der Waals surface area (Å²) in [7, 11) is 0. The van der Waals surface area contributed by atoms with Crippen molar-refractivity contribution in [3.05, 3.63) is 82.5 Å². The molecule has 0 amide bonds. The first-order valence-corrected chi connectivity index (χ1v) is 9.86. The van der Waals surface area contributed by atoms with Gasteiger partial charge in [0.1, 0.15) is 11.8 Å². The molecular formula is C24H22N6O. The number of benzene rings is 2. The highest BCUT2D eigenvalue weighted by atomic mass is 16.4. The van der Waals surface area contributed by atoms with Gasteiger partial charge in [-0.2, -0.15) is 15.5 Å². The van der Waals surface area contributed by atoms with E-state index in [2.05, 4.69) is 48.4 Å². The number of para-hydroxylation sites is 1. The van der Waals surface area contributed by atoms with E-state index in [-0.39, 0.29) is 11.6 Å². The number of aromatic nitrogens is 3. The van der Waals surface area contributed by atoms with Gasteiger partial charge >= 0.3 is 0 Å². The SMILES string of the molecule is Cc1cc(C)c(-c2nn(-c3ccccc3)cc2/C=N/Nc2oc(C)nc2C#N)c(C)c1. The number of oxazole rings is 1. The van der Waals surface area contributed by atoms with Crippen LogP contribution in [0.4, 0.5) is 5.88 Å². The molecule has 7 nitrogen and oxygen atoms in total. The molecule has 2 aromatic carbocycles. The Morgan fingerprint density at radius 2 is 1.81 bits per heavy atom. The Hall–Kier alpha value is -4.18. The summed E-state index contributed by atoms with van der Waals surface area (Å²) >= 11 is 0. The zero-order chi connectivity index (χ0) is 22.0. The first-order chi connectivity index (χ1) is 15.0. The van der Waals surface area contributed by atoms with Crippen molar-refractivity contribution >= 4 is 12.1 Å². The van der Waals surface area contributed by atoms with Crippen molar-refractivity contribution in [3.8, 4) is 23.0 Å². The van der Waals surface area contributed by atoms with Crippen molar-refractivity contribution in [2.45, 2.75) is 27.7 Å². The van der Waals surface area contributed by atoms with Crippen LogP contribution in [0.2, 0.25) is 0 Å². The number of hydrazone groups is 1. The van der Waals surface area contributed by atoms with Gasteiger partial charge in [-0.1, -0.05) is 35.9 Å². The summed E-state index contributed by atoms with van der Waals surface area (Å²) in [5.74, 6) is 0.619. The molecule has 0 unspecified atom stereocenters. The predicted octanol–water partition coefficient (Wildman–Crippen LogP) is 5.08. The average molecular weight is 410 g/mol. The minimum Gasteiger partial charge on any atom is -0.422 e. The Morgan fingerprint density at radius 1 is 1.10 bits per heavy atom. The summed E-state index contributed by atoms with van der Waals surface area (Å²) in [5, 5.41) is 18.3. The van der Waals surface area contributed by atoms with Gasteiger partial charge in [0.2, 0.25) is 5.69 Å². The van der Waals surface area contributed by atoms with Crippen LogP contribution < -0.4 is 5.43 Å². The number of anilines is 1. The van der Waals surface area contributed by atoms with E-state index in [1.54, 1.807) is 13.1 Å². The fourth-order valence-electron chi connectivity index (χ4n) is 3.68. The van der Waals surface area contributed by atoms with Gasteiger partial charge in [0.05, 0.1) is 11.9 Å². The van der Waals surface area contributed by atoms with Crippen LogP contribution >= 0.6 is 0 Å². The van der Waals surface area contributed by atoms with Crippen molar-refractivity contribution in [3.63, 3.8) is 0 Å². The maximum atomic E-state index is 9.18. The molecule has 0 aliphatic rings.